The molecule has 0 aliphatic heterocycles. The first kappa shape index (κ1) is 13.0. The van der Waals surface area contributed by atoms with E-state index in [9.17, 15) is 9.59 Å². The first-order valence-electron chi connectivity index (χ1n) is 5.93. The van der Waals surface area contributed by atoms with E-state index in [1.165, 1.54) is 12.3 Å². The Morgan fingerprint density at radius 2 is 1.80 bits per heavy atom. The average Bonchev–Trinajstić information content (AvgIpc) is 2.47. The highest BCUT2D eigenvalue weighted by Crippen LogP contribution is 2.21. The van der Waals surface area contributed by atoms with Gasteiger partial charge in [0.05, 0.1) is 11.3 Å². The number of Topliss-reactive ketones (excluding diaryl/α,β-unsaturated/α-hetero) is 1. The lowest BCUT2D eigenvalue weighted by Crippen LogP contribution is -2.22. The van der Waals surface area contributed by atoms with Crippen LogP contribution < -0.4 is 5.32 Å². The van der Waals surface area contributed by atoms with E-state index in [0.29, 0.717) is 5.56 Å². The predicted molar refractivity (Wildman–Crippen MR) is 83.8 cm³/mol. The van der Waals surface area contributed by atoms with Crippen LogP contribution in [0, 0.1) is 3.57 Å². The third kappa shape index (κ3) is 2.36. The molecule has 1 aromatic carbocycles. The number of allylic oxidation sites excluding steroid dienone is 2. The van der Waals surface area contributed by atoms with Crippen LogP contribution in [0.15, 0.2) is 54.4 Å². The van der Waals surface area contributed by atoms with Crippen molar-refractivity contribution >= 4 is 39.8 Å². The Bertz CT molecular complexity index is 736. The maximum absolute atomic E-state index is 12.3. The number of aromatic nitrogens is 1. The number of anilines is 1. The SMILES string of the molecule is O=C1C(Nc2ccc(I)cc2)=CC(=O)c2ncccc21. The summed E-state index contributed by atoms with van der Waals surface area (Å²) < 4.78 is 1.10. The molecule has 0 radical (unpaired) electrons. The molecular weight excluding hydrogens is 367 g/mol. The molecule has 0 bridgehead atoms. The zero-order chi connectivity index (χ0) is 14.1. The van der Waals surface area contributed by atoms with Gasteiger partial charge in [0.25, 0.3) is 0 Å². The van der Waals surface area contributed by atoms with Crippen molar-refractivity contribution in [1.29, 1.82) is 0 Å². The van der Waals surface area contributed by atoms with E-state index in [2.05, 4.69) is 32.9 Å². The Morgan fingerprint density at radius 1 is 1.05 bits per heavy atom. The number of hydrogen-bond donors (Lipinski definition) is 1. The second-order valence-corrected chi connectivity index (χ2v) is 5.53. The van der Waals surface area contributed by atoms with Gasteiger partial charge in [-0.3, -0.25) is 14.6 Å². The maximum Gasteiger partial charge on any atom is 0.211 e. The molecule has 0 atom stereocenters. The van der Waals surface area contributed by atoms with Gasteiger partial charge in [-0.1, -0.05) is 0 Å². The number of carbonyl (C=O) groups is 2. The monoisotopic (exact) mass is 376 g/mol. The number of pyridine rings is 1. The van der Waals surface area contributed by atoms with Crippen molar-refractivity contribution in [3.63, 3.8) is 0 Å². The van der Waals surface area contributed by atoms with E-state index < -0.39 is 0 Å². The maximum atomic E-state index is 12.3. The van der Waals surface area contributed by atoms with Crippen molar-refractivity contribution in [2.45, 2.75) is 0 Å². The molecule has 0 fully saturated rings. The van der Waals surface area contributed by atoms with Crippen LogP contribution >= 0.6 is 22.6 Å². The summed E-state index contributed by atoms with van der Waals surface area (Å²) in [6, 6.07) is 10.8. The Hall–Kier alpha value is -2.02. The third-order valence-electron chi connectivity index (χ3n) is 2.93. The smallest absolute Gasteiger partial charge is 0.211 e. The molecular formula is C15H9IN2O2. The van der Waals surface area contributed by atoms with E-state index in [-0.39, 0.29) is 23.0 Å². The van der Waals surface area contributed by atoms with Gasteiger partial charge in [0.2, 0.25) is 11.6 Å². The zero-order valence-corrected chi connectivity index (χ0v) is 12.4. The number of fused-ring (bicyclic) bond motifs is 1. The van der Waals surface area contributed by atoms with Gasteiger partial charge in [0.1, 0.15) is 5.69 Å². The summed E-state index contributed by atoms with van der Waals surface area (Å²) in [6.07, 6.45) is 2.81. The highest BCUT2D eigenvalue weighted by molar-refractivity contribution is 14.1. The van der Waals surface area contributed by atoms with Gasteiger partial charge in [-0.05, 0) is 59.0 Å². The number of rotatable bonds is 2. The molecule has 4 nitrogen and oxygen atoms in total. The minimum absolute atomic E-state index is 0.214. The second-order valence-electron chi connectivity index (χ2n) is 4.28. The van der Waals surface area contributed by atoms with Crippen LogP contribution in [0.1, 0.15) is 20.8 Å². The van der Waals surface area contributed by atoms with Crippen LogP contribution in [0.25, 0.3) is 0 Å². The van der Waals surface area contributed by atoms with Crippen LogP contribution in [-0.2, 0) is 0 Å². The zero-order valence-electron chi connectivity index (χ0n) is 10.3. The molecule has 20 heavy (non-hydrogen) atoms. The molecule has 1 aliphatic rings. The number of ketones is 2. The lowest BCUT2D eigenvalue weighted by atomic mass is 9.97. The summed E-state index contributed by atoms with van der Waals surface area (Å²) in [5, 5.41) is 2.99. The van der Waals surface area contributed by atoms with E-state index in [0.717, 1.165) is 9.26 Å². The summed E-state index contributed by atoms with van der Waals surface area (Å²) in [7, 11) is 0. The predicted octanol–water partition coefficient (Wildman–Crippen LogP) is 3.06. The van der Waals surface area contributed by atoms with Crippen LogP contribution in [0.2, 0.25) is 0 Å². The van der Waals surface area contributed by atoms with E-state index in [1.54, 1.807) is 12.1 Å². The van der Waals surface area contributed by atoms with Gasteiger partial charge in [-0.25, -0.2) is 0 Å². The quantitative estimate of drug-likeness (QED) is 0.819. The lowest BCUT2D eigenvalue weighted by Gasteiger charge is -2.15. The molecule has 1 heterocycles. The highest BCUT2D eigenvalue weighted by Gasteiger charge is 2.26. The number of carbonyl (C=O) groups excluding carboxylic acids is 2. The molecule has 1 N–H and O–H groups in total. The normalized spacial score (nSPS) is 13.8. The van der Waals surface area contributed by atoms with Gasteiger partial charge in [-0.2, -0.15) is 0 Å². The molecule has 98 valence electrons. The number of halogens is 1. The first-order valence-corrected chi connectivity index (χ1v) is 7.01. The van der Waals surface area contributed by atoms with Crippen molar-refractivity contribution in [3.8, 4) is 0 Å². The van der Waals surface area contributed by atoms with Crippen molar-refractivity contribution in [2.24, 2.45) is 0 Å². The Morgan fingerprint density at radius 3 is 2.55 bits per heavy atom. The number of hydrogen-bond acceptors (Lipinski definition) is 4. The van der Waals surface area contributed by atoms with Gasteiger partial charge < -0.3 is 5.32 Å². The van der Waals surface area contributed by atoms with E-state index in [1.807, 2.05) is 24.3 Å². The molecule has 1 aliphatic carbocycles. The number of nitrogens with zero attached hydrogens (tertiary/aromatic N) is 1. The Balaban J connectivity index is 1.94. The van der Waals surface area contributed by atoms with Gasteiger partial charge in [0, 0.05) is 21.5 Å². The first-order chi connectivity index (χ1) is 9.65. The fraction of sp³-hybridized carbons (Fsp3) is 0. The van der Waals surface area contributed by atoms with E-state index in [4.69, 9.17) is 0 Å². The van der Waals surface area contributed by atoms with Crippen molar-refractivity contribution in [1.82, 2.24) is 4.98 Å². The largest absolute Gasteiger partial charge is 0.352 e. The summed E-state index contributed by atoms with van der Waals surface area (Å²) in [6.45, 7) is 0. The van der Waals surface area contributed by atoms with Gasteiger partial charge in [0.15, 0.2) is 0 Å². The standard InChI is InChI=1S/C15H9IN2O2/c16-9-3-5-10(6-4-9)18-12-8-13(19)14-11(15(12)20)2-1-7-17-14/h1-8,18H. The van der Waals surface area contributed by atoms with Crippen LogP contribution in [0.5, 0.6) is 0 Å². The summed E-state index contributed by atoms with van der Waals surface area (Å²) in [4.78, 5) is 28.2. The Kier molecular flexibility index (Phi) is 3.35. The average molecular weight is 376 g/mol. The molecule has 0 amide bonds. The van der Waals surface area contributed by atoms with Crippen LogP contribution in [0.3, 0.4) is 0 Å². The fourth-order valence-electron chi connectivity index (χ4n) is 1.98. The van der Waals surface area contributed by atoms with Crippen molar-refractivity contribution in [2.75, 3.05) is 5.32 Å². The second kappa shape index (κ2) is 5.16. The molecule has 0 saturated heterocycles. The lowest BCUT2D eigenvalue weighted by molar-refractivity contribution is 0.0982. The Labute approximate surface area is 129 Å². The molecule has 2 aromatic rings. The molecule has 0 unspecified atom stereocenters. The topological polar surface area (TPSA) is 59.1 Å². The molecule has 5 heteroatoms. The summed E-state index contributed by atoms with van der Waals surface area (Å²) in [5.41, 5.74) is 1.60. The molecule has 3 rings (SSSR count). The van der Waals surface area contributed by atoms with Crippen LogP contribution in [-0.4, -0.2) is 16.6 Å². The fourth-order valence-corrected chi connectivity index (χ4v) is 2.34. The third-order valence-corrected chi connectivity index (χ3v) is 3.65. The number of nitrogens with one attached hydrogen (secondary N) is 1. The highest BCUT2D eigenvalue weighted by atomic mass is 127. The van der Waals surface area contributed by atoms with Crippen molar-refractivity contribution in [3.05, 3.63) is 69.2 Å². The summed E-state index contributed by atoms with van der Waals surface area (Å²) >= 11 is 2.20. The van der Waals surface area contributed by atoms with Gasteiger partial charge >= 0.3 is 0 Å². The minimum atomic E-state index is -0.256. The van der Waals surface area contributed by atoms with Gasteiger partial charge in [-0.15, -0.1) is 0 Å². The van der Waals surface area contributed by atoms with Crippen LogP contribution in [0.4, 0.5) is 5.69 Å². The van der Waals surface area contributed by atoms with Crippen molar-refractivity contribution < 1.29 is 9.59 Å². The van der Waals surface area contributed by atoms with E-state index >= 15 is 0 Å². The number of benzene rings is 1. The molecule has 0 saturated carbocycles. The molecule has 1 aromatic heterocycles. The summed E-state index contributed by atoms with van der Waals surface area (Å²) in [5.74, 6) is -0.473. The molecule has 0 spiro atoms. The minimum Gasteiger partial charge on any atom is -0.352 e.